The van der Waals surface area contributed by atoms with Crippen LogP contribution in [0.15, 0.2) is 57.9 Å². The lowest BCUT2D eigenvalue weighted by molar-refractivity contribution is 0.0950. The average Bonchev–Trinajstić information content (AvgIpc) is 2.55. The zero-order valence-corrected chi connectivity index (χ0v) is 15.6. The molecule has 128 valence electrons. The molecule has 0 bridgehead atoms. The number of sulfonamides is 1. The fourth-order valence-corrected chi connectivity index (χ4v) is 3.36. The molecule has 0 heterocycles. The van der Waals surface area contributed by atoms with Crippen molar-refractivity contribution in [1.29, 1.82) is 0 Å². The highest BCUT2D eigenvalue weighted by molar-refractivity contribution is 9.10. The number of nitrogens with two attached hydrogens (primary N) is 1. The second-order valence-corrected chi connectivity index (χ2v) is 7.83. The molecule has 0 fully saturated rings. The number of amides is 1. The van der Waals surface area contributed by atoms with Crippen molar-refractivity contribution in [2.75, 3.05) is 6.54 Å². The SMILES string of the molecule is CCC(CNC(=O)c1cc(S(N)(=O)=O)ccc1Br)c1ccccc1. The van der Waals surface area contributed by atoms with Crippen molar-refractivity contribution in [2.24, 2.45) is 5.14 Å². The lowest BCUT2D eigenvalue weighted by Crippen LogP contribution is -2.29. The summed E-state index contributed by atoms with van der Waals surface area (Å²) in [6, 6.07) is 14.1. The molecule has 0 aliphatic rings. The fraction of sp³-hybridized carbons (Fsp3) is 0.235. The van der Waals surface area contributed by atoms with Gasteiger partial charge in [-0.15, -0.1) is 0 Å². The number of hydrogen-bond donors (Lipinski definition) is 2. The Balaban J connectivity index is 2.15. The van der Waals surface area contributed by atoms with Gasteiger partial charge in [0.1, 0.15) is 0 Å². The van der Waals surface area contributed by atoms with Gasteiger partial charge in [-0.25, -0.2) is 13.6 Å². The summed E-state index contributed by atoms with van der Waals surface area (Å²) < 4.78 is 23.4. The standard InChI is InChI=1S/C17H19BrN2O3S/c1-2-12(13-6-4-3-5-7-13)11-20-17(21)15-10-14(24(19,22)23)8-9-16(15)18/h3-10,12H,2,11H2,1H3,(H,20,21)(H2,19,22,23). The van der Waals surface area contributed by atoms with Crippen molar-refractivity contribution in [3.8, 4) is 0 Å². The van der Waals surface area contributed by atoms with Gasteiger partial charge in [0.05, 0.1) is 10.5 Å². The molecular weight excluding hydrogens is 392 g/mol. The highest BCUT2D eigenvalue weighted by Crippen LogP contribution is 2.22. The fourth-order valence-electron chi connectivity index (χ4n) is 2.39. The van der Waals surface area contributed by atoms with Gasteiger partial charge in [-0.2, -0.15) is 0 Å². The Morgan fingerprint density at radius 3 is 2.46 bits per heavy atom. The Hall–Kier alpha value is -1.70. The minimum Gasteiger partial charge on any atom is -0.351 e. The molecule has 1 amide bonds. The van der Waals surface area contributed by atoms with Crippen molar-refractivity contribution in [2.45, 2.75) is 24.2 Å². The summed E-state index contributed by atoms with van der Waals surface area (Å²) in [6.07, 6.45) is 0.878. The molecule has 0 aliphatic carbocycles. The van der Waals surface area contributed by atoms with E-state index in [9.17, 15) is 13.2 Å². The molecule has 1 atom stereocenters. The molecule has 2 aromatic carbocycles. The number of benzene rings is 2. The van der Waals surface area contributed by atoms with E-state index in [0.717, 1.165) is 12.0 Å². The molecule has 2 aromatic rings. The second kappa shape index (κ2) is 7.92. The van der Waals surface area contributed by atoms with Gasteiger partial charge in [0, 0.05) is 16.9 Å². The highest BCUT2D eigenvalue weighted by Gasteiger charge is 2.17. The Morgan fingerprint density at radius 1 is 1.21 bits per heavy atom. The molecule has 3 N–H and O–H groups in total. The summed E-state index contributed by atoms with van der Waals surface area (Å²) in [4.78, 5) is 12.3. The van der Waals surface area contributed by atoms with Crippen LogP contribution in [0.3, 0.4) is 0 Å². The Labute approximate surface area is 150 Å². The summed E-state index contributed by atoms with van der Waals surface area (Å²) in [5.74, 6) is -0.155. The third-order valence-corrected chi connectivity index (χ3v) is 5.39. The summed E-state index contributed by atoms with van der Waals surface area (Å²) in [7, 11) is -3.86. The van der Waals surface area contributed by atoms with Gasteiger partial charge in [-0.1, -0.05) is 37.3 Å². The summed E-state index contributed by atoms with van der Waals surface area (Å²) in [6.45, 7) is 2.52. The number of primary sulfonamides is 1. The van der Waals surface area contributed by atoms with E-state index in [0.29, 0.717) is 11.0 Å². The Bertz CT molecular complexity index is 823. The van der Waals surface area contributed by atoms with Crippen LogP contribution in [0.1, 0.15) is 35.2 Å². The van der Waals surface area contributed by atoms with E-state index in [2.05, 4.69) is 28.2 Å². The minimum absolute atomic E-state index is 0.0917. The third-order valence-electron chi connectivity index (χ3n) is 3.78. The van der Waals surface area contributed by atoms with E-state index in [1.54, 1.807) is 0 Å². The maximum Gasteiger partial charge on any atom is 0.252 e. The van der Waals surface area contributed by atoms with E-state index >= 15 is 0 Å². The van der Waals surface area contributed by atoms with Gasteiger partial charge in [0.25, 0.3) is 5.91 Å². The van der Waals surface area contributed by atoms with E-state index in [-0.39, 0.29) is 22.3 Å². The molecule has 24 heavy (non-hydrogen) atoms. The zero-order chi connectivity index (χ0) is 17.7. The van der Waals surface area contributed by atoms with E-state index in [4.69, 9.17) is 5.14 Å². The van der Waals surface area contributed by atoms with Crippen LogP contribution in [0.2, 0.25) is 0 Å². The molecule has 0 spiro atoms. The molecule has 1 unspecified atom stereocenters. The van der Waals surface area contributed by atoms with Gasteiger partial charge in [0.15, 0.2) is 0 Å². The predicted molar refractivity (Wildman–Crippen MR) is 97.3 cm³/mol. The summed E-state index contributed by atoms with van der Waals surface area (Å²) in [5.41, 5.74) is 1.39. The molecule has 0 radical (unpaired) electrons. The van der Waals surface area contributed by atoms with Crippen LogP contribution in [-0.2, 0) is 10.0 Å². The van der Waals surface area contributed by atoms with Crippen LogP contribution in [0.25, 0.3) is 0 Å². The third kappa shape index (κ3) is 4.66. The van der Waals surface area contributed by atoms with Crippen LogP contribution in [0.4, 0.5) is 0 Å². The van der Waals surface area contributed by atoms with Crippen LogP contribution in [0, 0.1) is 0 Å². The van der Waals surface area contributed by atoms with Gasteiger partial charge < -0.3 is 5.32 Å². The molecule has 0 saturated heterocycles. The Kier molecular flexibility index (Phi) is 6.15. The number of carbonyl (C=O) groups is 1. The molecule has 0 aromatic heterocycles. The first-order chi connectivity index (χ1) is 11.3. The van der Waals surface area contributed by atoms with E-state index < -0.39 is 10.0 Å². The van der Waals surface area contributed by atoms with Gasteiger partial charge >= 0.3 is 0 Å². The number of nitrogens with one attached hydrogen (secondary N) is 1. The van der Waals surface area contributed by atoms with Gasteiger partial charge in [-0.05, 0) is 46.1 Å². The second-order valence-electron chi connectivity index (χ2n) is 5.41. The monoisotopic (exact) mass is 410 g/mol. The van der Waals surface area contributed by atoms with Crippen molar-refractivity contribution in [1.82, 2.24) is 5.32 Å². The van der Waals surface area contributed by atoms with Crippen LogP contribution >= 0.6 is 15.9 Å². The topological polar surface area (TPSA) is 89.3 Å². The lowest BCUT2D eigenvalue weighted by Gasteiger charge is -2.16. The maximum atomic E-state index is 12.4. The van der Waals surface area contributed by atoms with Crippen molar-refractivity contribution >= 4 is 31.9 Å². The average molecular weight is 411 g/mol. The molecule has 7 heteroatoms. The highest BCUT2D eigenvalue weighted by atomic mass is 79.9. The molecular formula is C17H19BrN2O3S. The largest absolute Gasteiger partial charge is 0.351 e. The van der Waals surface area contributed by atoms with E-state index in [1.165, 1.54) is 18.2 Å². The van der Waals surface area contributed by atoms with Gasteiger partial charge in [0.2, 0.25) is 10.0 Å². The maximum absolute atomic E-state index is 12.4. The Morgan fingerprint density at radius 2 is 1.88 bits per heavy atom. The minimum atomic E-state index is -3.86. The number of carbonyl (C=O) groups excluding carboxylic acids is 1. The van der Waals surface area contributed by atoms with Crippen molar-refractivity contribution < 1.29 is 13.2 Å². The first kappa shape index (κ1) is 18.6. The van der Waals surface area contributed by atoms with Crippen molar-refractivity contribution in [3.63, 3.8) is 0 Å². The molecule has 0 saturated carbocycles. The smallest absolute Gasteiger partial charge is 0.252 e. The van der Waals surface area contributed by atoms with Crippen LogP contribution in [0.5, 0.6) is 0 Å². The number of rotatable bonds is 6. The number of hydrogen-bond acceptors (Lipinski definition) is 3. The van der Waals surface area contributed by atoms with E-state index in [1.807, 2.05) is 30.3 Å². The summed E-state index contributed by atoms with van der Waals surface area (Å²) >= 11 is 3.27. The van der Waals surface area contributed by atoms with Gasteiger partial charge in [-0.3, -0.25) is 4.79 Å². The number of halogens is 1. The zero-order valence-electron chi connectivity index (χ0n) is 13.2. The molecule has 5 nitrogen and oxygen atoms in total. The molecule has 2 rings (SSSR count). The normalized spacial score (nSPS) is 12.6. The molecule has 0 aliphatic heterocycles. The summed E-state index contributed by atoms with van der Waals surface area (Å²) in [5, 5.41) is 7.98. The lowest BCUT2D eigenvalue weighted by atomic mass is 9.96. The quantitative estimate of drug-likeness (QED) is 0.766. The van der Waals surface area contributed by atoms with Crippen LogP contribution in [-0.4, -0.2) is 20.9 Å². The first-order valence-corrected chi connectivity index (χ1v) is 9.82. The van der Waals surface area contributed by atoms with Crippen LogP contribution < -0.4 is 10.5 Å². The van der Waals surface area contributed by atoms with Crippen molar-refractivity contribution in [3.05, 3.63) is 64.1 Å². The predicted octanol–water partition coefficient (Wildman–Crippen LogP) is 3.02. The first-order valence-electron chi connectivity index (χ1n) is 7.48.